The predicted molar refractivity (Wildman–Crippen MR) is 94.1 cm³/mol. The molecule has 132 valence electrons. The number of aryl methyl sites for hydroxylation is 2. The van der Waals surface area contributed by atoms with Crippen LogP contribution in [0.15, 0.2) is 16.7 Å². The number of nitrogens with zero attached hydrogens (tertiary/aromatic N) is 5. The van der Waals surface area contributed by atoms with Gasteiger partial charge in [-0.15, -0.1) is 16.9 Å². The van der Waals surface area contributed by atoms with Crippen LogP contribution in [-0.4, -0.2) is 46.8 Å². The van der Waals surface area contributed by atoms with Crippen molar-refractivity contribution < 1.29 is 14.7 Å². The molecule has 0 saturated carbocycles. The van der Waals surface area contributed by atoms with Crippen molar-refractivity contribution in [2.45, 2.75) is 38.0 Å². The lowest BCUT2D eigenvalue weighted by Crippen LogP contribution is -2.51. The van der Waals surface area contributed by atoms with Crippen LogP contribution in [0, 0.1) is 6.92 Å². The molecule has 5 rings (SSSR count). The molecule has 4 heterocycles. The Morgan fingerprint density at radius 1 is 1.35 bits per heavy atom. The van der Waals surface area contributed by atoms with Crippen LogP contribution in [0.3, 0.4) is 0 Å². The molecule has 0 spiro atoms. The van der Waals surface area contributed by atoms with Gasteiger partial charge in [0.1, 0.15) is 11.1 Å². The van der Waals surface area contributed by atoms with E-state index in [-0.39, 0.29) is 17.0 Å². The maximum Gasteiger partial charge on any atom is 0.353 e. The van der Waals surface area contributed by atoms with Crippen LogP contribution in [-0.2, 0) is 22.4 Å². The molecular formula is C17H15N5O3S. The average molecular weight is 369 g/mol. The molecule has 9 heteroatoms. The van der Waals surface area contributed by atoms with Crippen molar-refractivity contribution in [1.82, 2.24) is 24.5 Å². The molecule has 1 saturated heterocycles. The molecule has 0 radical (unpaired) electrons. The molecule has 2 aromatic rings. The largest absolute Gasteiger partial charge is 0.477 e. The van der Waals surface area contributed by atoms with Gasteiger partial charge in [0.2, 0.25) is 0 Å². The van der Waals surface area contributed by atoms with Gasteiger partial charge in [0.05, 0.1) is 11.3 Å². The predicted octanol–water partition coefficient (Wildman–Crippen LogP) is 1.54. The first kappa shape index (κ1) is 15.6. The summed E-state index contributed by atoms with van der Waals surface area (Å²) in [6.45, 7) is 2.00. The van der Waals surface area contributed by atoms with Crippen LogP contribution in [0.1, 0.15) is 35.6 Å². The Balaban J connectivity index is 1.53. The van der Waals surface area contributed by atoms with Gasteiger partial charge in [-0.3, -0.25) is 9.69 Å². The number of thioether (sulfide) groups is 1. The lowest BCUT2D eigenvalue weighted by Gasteiger charge is -2.36. The molecule has 3 aliphatic rings. The van der Waals surface area contributed by atoms with Crippen LogP contribution in [0.5, 0.6) is 0 Å². The lowest BCUT2D eigenvalue weighted by molar-refractivity contribution is -0.141. The average Bonchev–Trinajstić information content (AvgIpc) is 3.21. The second-order valence-electron chi connectivity index (χ2n) is 6.58. The summed E-state index contributed by atoms with van der Waals surface area (Å²) in [7, 11) is 0. The van der Waals surface area contributed by atoms with Crippen molar-refractivity contribution in [3.8, 4) is 0 Å². The molecule has 26 heavy (non-hydrogen) atoms. The Kier molecular flexibility index (Phi) is 3.24. The Bertz CT molecular complexity index is 1050. The number of hydrogen-bond acceptors (Lipinski definition) is 6. The van der Waals surface area contributed by atoms with Gasteiger partial charge in [0, 0.05) is 11.1 Å². The third-order valence-corrected chi connectivity index (χ3v) is 6.13. The molecule has 1 amide bonds. The summed E-state index contributed by atoms with van der Waals surface area (Å²) in [4.78, 5) is 33.8. The fraction of sp³-hybridized carbons (Fsp3) is 0.353. The van der Waals surface area contributed by atoms with E-state index in [9.17, 15) is 9.59 Å². The fourth-order valence-corrected chi connectivity index (χ4v) is 4.89. The van der Waals surface area contributed by atoms with Crippen LogP contribution in [0.25, 0.3) is 11.9 Å². The van der Waals surface area contributed by atoms with Gasteiger partial charge in [-0.2, -0.15) is 4.98 Å². The number of aliphatic carboxylic acids is 1. The molecule has 0 unspecified atom stereocenters. The van der Waals surface area contributed by atoms with Gasteiger partial charge >= 0.3 is 5.97 Å². The smallest absolute Gasteiger partial charge is 0.353 e. The van der Waals surface area contributed by atoms with Gasteiger partial charge < -0.3 is 5.11 Å². The summed E-state index contributed by atoms with van der Waals surface area (Å²) in [5, 5.41) is 14.9. The van der Waals surface area contributed by atoms with E-state index in [0.29, 0.717) is 17.2 Å². The number of fused-ring (bicyclic) bond motifs is 4. The first-order valence-corrected chi connectivity index (χ1v) is 9.38. The second kappa shape index (κ2) is 5.41. The minimum Gasteiger partial charge on any atom is -0.477 e. The zero-order chi connectivity index (χ0) is 18.0. The molecule has 1 aliphatic carbocycles. The number of β-lactam (4-membered cyclic amide) rings is 1. The Hall–Kier alpha value is -2.68. The van der Waals surface area contributed by atoms with Crippen LogP contribution >= 0.6 is 11.8 Å². The Morgan fingerprint density at radius 2 is 2.15 bits per heavy atom. The third-order valence-electron chi connectivity index (χ3n) is 5.04. The van der Waals surface area contributed by atoms with Crippen LogP contribution in [0.4, 0.5) is 0 Å². The van der Waals surface area contributed by atoms with Crippen LogP contribution < -0.4 is 0 Å². The van der Waals surface area contributed by atoms with Crippen molar-refractivity contribution in [2.75, 3.05) is 0 Å². The molecule has 0 bridgehead atoms. The van der Waals surface area contributed by atoms with E-state index in [4.69, 9.17) is 5.11 Å². The van der Waals surface area contributed by atoms with E-state index in [1.165, 1.54) is 27.6 Å². The number of hydrogen-bond donors (Lipinski definition) is 1. The highest BCUT2D eigenvalue weighted by atomic mass is 32.2. The molecule has 1 atom stereocenters. The van der Waals surface area contributed by atoms with Crippen molar-refractivity contribution in [3.63, 3.8) is 0 Å². The highest BCUT2D eigenvalue weighted by Crippen LogP contribution is 2.44. The Morgan fingerprint density at radius 3 is 2.96 bits per heavy atom. The SMILES string of the molecule is Cc1nc2nc(/C=C3/C(=O)N4C(C(=O)O)=CS[C@H]34)nn2c2c1CCCC2. The number of carboxylic acid groups (broad SMARTS) is 1. The van der Waals surface area contributed by atoms with E-state index in [0.717, 1.165) is 37.1 Å². The highest BCUT2D eigenvalue weighted by Gasteiger charge is 2.49. The maximum absolute atomic E-state index is 12.3. The Labute approximate surface area is 152 Å². The summed E-state index contributed by atoms with van der Waals surface area (Å²) in [6.07, 6.45) is 5.89. The minimum atomic E-state index is -1.09. The van der Waals surface area contributed by atoms with E-state index in [2.05, 4.69) is 15.1 Å². The summed E-state index contributed by atoms with van der Waals surface area (Å²) in [5.74, 6) is -0.423. The van der Waals surface area contributed by atoms with Gasteiger partial charge in [-0.05, 0) is 44.2 Å². The van der Waals surface area contributed by atoms with Crippen molar-refractivity contribution in [2.24, 2.45) is 0 Å². The zero-order valence-electron chi connectivity index (χ0n) is 14.0. The van der Waals surface area contributed by atoms with Gasteiger partial charge in [-0.25, -0.2) is 14.3 Å². The topological polar surface area (TPSA) is 101 Å². The minimum absolute atomic E-state index is 0.0245. The summed E-state index contributed by atoms with van der Waals surface area (Å²) in [6, 6.07) is 0. The number of amides is 1. The summed E-state index contributed by atoms with van der Waals surface area (Å²) >= 11 is 1.31. The fourth-order valence-electron chi connectivity index (χ4n) is 3.77. The standard InChI is InChI=1S/C17H15N5O3S/c1-8-9-4-2-3-5-11(9)22-17(18-8)19-13(20-22)6-10-14(23)21-12(16(24)25)7-26-15(10)21/h6-7,15H,2-5H2,1H3,(H,24,25)/b10-6-/t15-/m1/s1. The van der Waals surface area contributed by atoms with E-state index < -0.39 is 5.97 Å². The third kappa shape index (κ3) is 2.06. The molecule has 1 N–H and O–H groups in total. The first-order chi connectivity index (χ1) is 12.5. The molecule has 1 fully saturated rings. The summed E-state index contributed by atoms with van der Waals surface area (Å²) < 4.78 is 1.79. The maximum atomic E-state index is 12.3. The number of carbonyl (C=O) groups is 2. The van der Waals surface area contributed by atoms with Crippen molar-refractivity contribution >= 4 is 35.5 Å². The van der Waals surface area contributed by atoms with E-state index in [1.54, 1.807) is 10.6 Å². The number of rotatable bonds is 2. The number of aromatic nitrogens is 4. The van der Waals surface area contributed by atoms with Crippen LogP contribution in [0.2, 0.25) is 0 Å². The first-order valence-electron chi connectivity index (χ1n) is 8.44. The normalized spacial score (nSPS) is 23.0. The number of carboxylic acids is 1. The quantitative estimate of drug-likeness (QED) is 0.633. The van der Waals surface area contributed by atoms with Gasteiger partial charge in [0.15, 0.2) is 5.82 Å². The van der Waals surface area contributed by atoms with E-state index in [1.807, 2.05) is 6.92 Å². The highest BCUT2D eigenvalue weighted by molar-refractivity contribution is 8.03. The molecular weight excluding hydrogens is 354 g/mol. The second-order valence-corrected chi connectivity index (χ2v) is 7.54. The van der Waals surface area contributed by atoms with Gasteiger partial charge in [-0.1, -0.05) is 0 Å². The molecule has 2 aromatic heterocycles. The lowest BCUT2D eigenvalue weighted by atomic mass is 9.95. The summed E-state index contributed by atoms with van der Waals surface area (Å²) in [5.41, 5.74) is 3.94. The monoisotopic (exact) mass is 369 g/mol. The van der Waals surface area contributed by atoms with E-state index >= 15 is 0 Å². The molecule has 8 nitrogen and oxygen atoms in total. The molecule has 0 aromatic carbocycles. The van der Waals surface area contributed by atoms with Gasteiger partial charge in [0.25, 0.3) is 11.7 Å². The van der Waals surface area contributed by atoms with Crippen molar-refractivity contribution in [1.29, 1.82) is 0 Å². The number of carbonyl (C=O) groups excluding carboxylic acids is 1. The van der Waals surface area contributed by atoms with Crippen molar-refractivity contribution in [3.05, 3.63) is 39.5 Å². The molecule has 2 aliphatic heterocycles. The zero-order valence-corrected chi connectivity index (χ0v) is 14.8.